The molecule has 0 unspecified atom stereocenters. The summed E-state index contributed by atoms with van der Waals surface area (Å²) in [5, 5.41) is 5.65. The second-order valence-corrected chi connectivity index (χ2v) is 5.78. The van der Waals surface area contributed by atoms with Crippen LogP contribution in [0.5, 0.6) is 0 Å². The van der Waals surface area contributed by atoms with Crippen LogP contribution in [-0.2, 0) is 4.79 Å². The number of rotatable bonds is 5. The monoisotopic (exact) mass is 324 g/mol. The maximum atomic E-state index is 11.9. The highest BCUT2D eigenvalue weighted by Gasteiger charge is 2.22. The molecule has 0 aliphatic heterocycles. The summed E-state index contributed by atoms with van der Waals surface area (Å²) >= 11 is 3.36. The van der Waals surface area contributed by atoms with Gasteiger partial charge in [0.2, 0.25) is 5.91 Å². The van der Waals surface area contributed by atoms with Crippen molar-refractivity contribution < 1.29 is 9.59 Å². The van der Waals surface area contributed by atoms with Crippen molar-refractivity contribution in [2.24, 2.45) is 0 Å². The number of halogens is 1. The first kappa shape index (κ1) is 14.1. The van der Waals surface area contributed by atoms with E-state index in [1.165, 1.54) is 0 Å². The number of benzene rings is 1. The zero-order valence-corrected chi connectivity index (χ0v) is 12.4. The highest BCUT2D eigenvalue weighted by Crippen LogP contribution is 2.18. The van der Waals surface area contributed by atoms with Gasteiger partial charge >= 0.3 is 0 Å². The van der Waals surface area contributed by atoms with Crippen LogP contribution in [0.25, 0.3) is 0 Å². The van der Waals surface area contributed by atoms with E-state index in [4.69, 9.17) is 0 Å². The molecule has 1 aromatic carbocycles. The van der Waals surface area contributed by atoms with Crippen LogP contribution in [0.4, 0.5) is 0 Å². The number of hydrogen-bond donors (Lipinski definition) is 2. The van der Waals surface area contributed by atoms with E-state index in [9.17, 15) is 9.59 Å². The summed E-state index contributed by atoms with van der Waals surface area (Å²) in [5.74, 6) is -0.142. The molecule has 1 aliphatic rings. The van der Waals surface area contributed by atoms with Crippen LogP contribution in [0.2, 0.25) is 0 Å². The van der Waals surface area contributed by atoms with Gasteiger partial charge in [-0.15, -0.1) is 0 Å². The van der Waals surface area contributed by atoms with E-state index in [1.54, 1.807) is 6.07 Å². The van der Waals surface area contributed by atoms with Crippen molar-refractivity contribution in [2.75, 3.05) is 6.54 Å². The summed E-state index contributed by atoms with van der Waals surface area (Å²) in [6, 6.07) is 5.91. The highest BCUT2D eigenvalue weighted by molar-refractivity contribution is 9.10. The van der Waals surface area contributed by atoms with Gasteiger partial charge in [0.25, 0.3) is 5.91 Å². The molecule has 2 rings (SSSR count). The molecule has 1 fully saturated rings. The number of carbonyl (C=O) groups is 2. The third kappa shape index (κ3) is 4.67. The molecule has 0 spiro atoms. The lowest BCUT2D eigenvalue weighted by Crippen LogP contribution is -2.31. The van der Waals surface area contributed by atoms with Crippen LogP contribution in [0.1, 0.15) is 35.2 Å². The van der Waals surface area contributed by atoms with Crippen molar-refractivity contribution in [3.63, 3.8) is 0 Å². The van der Waals surface area contributed by atoms with Gasteiger partial charge in [0, 0.05) is 29.0 Å². The Labute approximate surface area is 121 Å². The van der Waals surface area contributed by atoms with Crippen molar-refractivity contribution in [3.05, 3.63) is 33.8 Å². The first-order chi connectivity index (χ1) is 9.04. The van der Waals surface area contributed by atoms with Gasteiger partial charge in [-0.05, 0) is 43.5 Å². The topological polar surface area (TPSA) is 58.2 Å². The van der Waals surface area contributed by atoms with Crippen molar-refractivity contribution in [1.29, 1.82) is 0 Å². The zero-order chi connectivity index (χ0) is 13.8. The van der Waals surface area contributed by atoms with Crippen molar-refractivity contribution in [3.8, 4) is 0 Å². The van der Waals surface area contributed by atoms with Gasteiger partial charge in [0.05, 0.1) is 0 Å². The molecule has 1 aromatic rings. The zero-order valence-electron chi connectivity index (χ0n) is 10.8. The second kappa shape index (κ2) is 6.19. The van der Waals surface area contributed by atoms with Gasteiger partial charge in [0.1, 0.15) is 0 Å². The average molecular weight is 325 g/mol. The van der Waals surface area contributed by atoms with Crippen molar-refractivity contribution >= 4 is 27.7 Å². The standard InChI is InChI=1S/C14H17BrN2O2/c1-9-6-10(8-11(15)7-9)14(19)16-5-4-13(18)17-12-2-3-12/h6-8,12H,2-5H2,1H3,(H,16,19)(H,17,18). The maximum Gasteiger partial charge on any atom is 0.251 e. The molecule has 1 saturated carbocycles. The summed E-state index contributed by atoms with van der Waals surface area (Å²) < 4.78 is 0.879. The largest absolute Gasteiger partial charge is 0.353 e. The average Bonchev–Trinajstić information content (AvgIpc) is 3.11. The third-order valence-electron chi connectivity index (χ3n) is 2.88. The van der Waals surface area contributed by atoms with E-state index in [2.05, 4.69) is 26.6 Å². The van der Waals surface area contributed by atoms with Gasteiger partial charge in [-0.2, -0.15) is 0 Å². The molecule has 19 heavy (non-hydrogen) atoms. The molecule has 0 bridgehead atoms. The minimum Gasteiger partial charge on any atom is -0.353 e. The van der Waals surface area contributed by atoms with Crippen LogP contribution in [0.15, 0.2) is 22.7 Å². The molecular formula is C14H17BrN2O2. The molecule has 0 aromatic heterocycles. The van der Waals surface area contributed by atoms with Gasteiger partial charge in [-0.1, -0.05) is 15.9 Å². The summed E-state index contributed by atoms with van der Waals surface area (Å²) in [6.45, 7) is 2.30. The van der Waals surface area contributed by atoms with Crippen LogP contribution in [-0.4, -0.2) is 24.4 Å². The Morgan fingerprint density at radius 2 is 2.05 bits per heavy atom. The van der Waals surface area contributed by atoms with E-state index in [-0.39, 0.29) is 11.8 Å². The van der Waals surface area contributed by atoms with E-state index >= 15 is 0 Å². The molecule has 0 atom stereocenters. The SMILES string of the molecule is Cc1cc(Br)cc(C(=O)NCCC(=O)NC2CC2)c1. The lowest BCUT2D eigenvalue weighted by Gasteiger charge is -2.07. The minimum absolute atomic E-state index is 0.00761. The number of amides is 2. The maximum absolute atomic E-state index is 11.9. The smallest absolute Gasteiger partial charge is 0.251 e. The number of nitrogens with one attached hydrogen (secondary N) is 2. The fraction of sp³-hybridized carbons (Fsp3) is 0.429. The van der Waals surface area contributed by atoms with Crippen molar-refractivity contribution in [1.82, 2.24) is 10.6 Å². The molecule has 0 radical (unpaired) electrons. The van der Waals surface area contributed by atoms with Crippen LogP contribution >= 0.6 is 15.9 Å². The Bertz CT molecular complexity index is 478. The Kier molecular flexibility index (Phi) is 4.58. The predicted molar refractivity (Wildman–Crippen MR) is 77.0 cm³/mol. The molecule has 5 heteroatoms. The predicted octanol–water partition coefficient (Wildman–Crippen LogP) is 2.16. The van der Waals surface area contributed by atoms with Crippen molar-refractivity contribution in [2.45, 2.75) is 32.2 Å². The summed E-state index contributed by atoms with van der Waals surface area (Å²) in [5.41, 5.74) is 1.63. The van der Waals surface area contributed by atoms with Gasteiger partial charge in [0.15, 0.2) is 0 Å². The fourth-order valence-electron chi connectivity index (χ4n) is 1.79. The quantitative estimate of drug-likeness (QED) is 0.872. The van der Waals surface area contributed by atoms with E-state index in [0.29, 0.717) is 24.6 Å². The normalized spacial score (nSPS) is 14.0. The van der Waals surface area contributed by atoms with Crippen LogP contribution in [0, 0.1) is 6.92 Å². The van der Waals surface area contributed by atoms with E-state index < -0.39 is 0 Å². The fourth-order valence-corrected chi connectivity index (χ4v) is 2.39. The molecule has 1 aliphatic carbocycles. The van der Waals surface area contributed by atoms with Gasteiger partial charge in [-0.25, -0.2) is 0 Å². The molecule has 2 N–H and O–H groups in total. The summed E-state index contributed by atoms with van der Waals surface area (Å²) in [6.07, 6.45) is 2.49. The van der Waals surface area contributed by atoms with Gasteiger partial charge < -0.3 is 10.6 Å². The van der Waals surface area contributed by atoms with Crippen LogP contribution in [0.3, 0.4) is 0 Å². The van der Waals surface area contributed by atoms with Gasteiger partial charge in [-0.3, -0.25) is 9.59 Å². The first-order valence-corrected chi connectivity index (χ1v) is 7.18. The minimum atomic E-state index is -0.149. The first-order valence-electron chi connectivity index (χ1n) is 6.39. The lowest BCUT2D eigenvalue weighted by atomic mass is 10.1. The Hall–Kier alpha value is -1.36. The van der Waals surface area contributed by atoms with E-state index in [0.717, 1.165) is 22.9 Å². The summed E-state index contributed by atoms with van der Waals surface area (Å²) in [4.78, 5) is 23.4. The number of aryl methyl sites for hydroxylation is 1. The second-order valence-electron chi connectivity index (χ2n) is 4.86. The molecule has 102 valence electrons. The molecule has 0 heterocycles. The Morgan fingerprint density at radius 1 is 1.32 bits per heavy atom. The lowest BCUT2D eigenvalue weighted by molar-refractivity contribution is -0.121. The third-order valence-corrected chi connectivity index (χ3v) is 3.34. The number of carbonyl (C=O) groups excluding carboxylic acids is 2. The highest BCUT2D eigenvalue weighted by atomic mass is 79.9. The van der Waals surface area contributed by atoms with E-state index in [1.807, 2.05) is 19.1 Å². The molecular weight excluding hydrogens is 308 g/mol. The molecule has 2 amide bonds. The molecule has 4 nitrogen and oxygen atoms in total. The molecule has 0 saturated heterocycles. The summed E-state index contributed by atoms with van der Waals surface area (Å²) in [7, 11) is 0. The van der Waals surface area contributed by atoms with Crippen LogP contribution < -0.4 is 10.6 Å². The Morgan fingerprint density at radius 3 is 2.68 bits per heavy atom. The number of hydrogen-bond acceptors (Lipinski definition) is 2. The Balaban J connectivity index is 1.78.